The highest BCUT2D eigenvalue weighted by Gasteiger charge is 2.26. The summed E-state index contributed by atoms with van der Waals surface area (Å²) < 4.78 is 21.9. The minimum atomic E-state index is -0.233. The molecule has 1 amide bonds. The monoisotopic (exact) mass is 561 g/mol. The van der Waals surface area contributed by atoms with Crippen LogP contribution in [0.2, 0.25) is 0 Å². The Balaban J connectivity index is 1.11. The summed E-state index contributed by atoms with van der Waals surface area (Å²) in [6, 6.07) is 22.6. The van der Waals surface area contributed by atoms with Crippen molar-refractivity contribution in [2.45, 2.75) is 39.0 Å². The second-order valence-electron chi connectivity index (χ2n) is 10.5. The number of imidazole rings is 1. The quantitative estimate of drug-likeness (QED) is 0.231. The van der Waals surface area contributed by atoms with Gasteiger partial charge in [-0.05, 0) is 65.1 Å². The lowest BCUT2D eigenvalue weighted by molar-refractivity contribution is 0.0945. The maximum absolute atomic E-state index is 13.8. The molecule has 0 fully saturated rings. The van der Waals surface area contributed by atoms with Gasteiger partial charge in [0.2, 0.25) is 0 Å². The first-order valence-corrected chi connectivity index (χ1v) is 14.1. The topological polar surface area (TPSA) is 81.1 Å². The van der Waals surface area contributed by atoms with Crippen LogP contribution in [0, 0.1) is 12.7 Å². The highest BCUT2D eigenvalue weighted by molar-refractivity contribution is 5.97. The van der Waals surface area contributed by atoms with Crippen molar-refractivity contribution in [3.63, 3.8) is 0 Å². The third kappa shape index (κ3) is 6.09. The first kappa shape index (κ1) is 27.4. The summed E-state index contributed by atoms with van der Waals surface area (Å²) >= 11 is 0. The number of hydrogen-bond donors (Lipinski definition) is 2. The number of amides is 1. The molecule has 5 aromatic rings. The number of ether oxygens (including phenoxy) is 1. The number of carbonyl (C=O) groups excluding carboxylic acids is 1. The van der Waals surface area contributed by atoms with Crippen LogP contribution in [0.1, 0.15) is 50.8 Å². The summed E-state index contributed by atoms with van der Waals surface area (Å²) in [6.45, 7) is 4.22. The van der Waals surface area contributed by atoms with Gasteiger partial charge >= 0.3 is 0 Å². The van der Waals surface area contributed by atoms with E-state index in [9.17, 15) is 9.18 Å². The van der Waals surface area contributed by atoms with Crippen LogP contribution in [0.4, 0.5) is 4.39 Å². The van der Waals surface area contributed by atoms with E-state index in [1.165, 1.54) is 6.07 Å². The Kier molecular flexibility index (Phi) is 8.05. The normalized spacial score (nSPS) is 14.2. The van der Waals surface area contributed by atoms with Gasteiger partial charge in [-0.2, -0.15) is 0 Å². The molecule has 2 N–H and O–H groups in total. The molecule has 1 aliphatic heterocycles. The zero-order valence-electron chi connectivity index (χ0n) is 23.4. The summed E-state index contributed by atoms with van der Waals surface area (Å²) in [4.78, 5) is 21.5. The smallest absolute Gasteiger partial charge is 0.255 e. The summed E-state index contributed by atoms with van der Waals surface area (Å²) in [7, 11) is 0. The molecule has 3 heterocycles. The van der Waals surface area contributed by atoms with Crippen molar-refractivity contribution in [2.75, 3.05) is 6.61 Å². The lowest BCUT2D eigenvalue weighted by Crippen LogP contribution is -2.30. The molecule has 1 atom stereocenters. The second kappa shape index (κ2) is 12.4. The number of para-hydroxylation sites is 1. The minimum absolute atomic E-state index is 0.0406. The Morgan fingerprint density at radius 2 is 1.83 bits per heavy atom. The van der Waals surface area contributed by atoms with Crippen molar-refractivity contribution in [3.8, 4) is 16.9 Å². The first-order valence-electron chi connectivity index (χ1n) is 14.1. The van der Waals surface area contributed by atoms with Gasteiger partial charge < -0.3 is 19.9 Å². The zero-order valence-corrected chi connectivity index (χ0v) is 23.4. The Labute approximate surface area is 244 Å². The number of benzene rings is 3. The molecule has 0 saturated carbocycles. The number of halogens is 1. The summed E-state index contributed by atoms with van der Waals surface area (Å²) in [6.07, 6.45) is 7.93. The van der Waals surface area contributed by atoms with E-state index in [-0.39, 0.29) is 17.8 Å². The molecule has 0 aliphatic carbocycles. The van der Waals surface area contributed by atoms with E-state index in [0.29, 0.717) is 37.6 Å². The lowest BCUT2D eigenvalue weighted by atomic mass is 9.97. The maximum Gasteiger partial charge on any atom is 0.255 e. The van der Waals surface area contributed by atoms with Gasteiger partial charge in [0.25, 0.3) is 5.91 Å². The van der Waals surface area contributed by atoms with Crippen LogP contribution in [-0.2, 0) is 19.6 Å². The third-order valence-electron chi connectivity index (χ3n) is 7.67. The molecule has 212 valence electrons. The number of aryl methyl sites for hydroxylation is 1. The van der Waals surface area contributed by atoms with Crippen LogP contribution >= 0.6 is 0 Å². The molecule has 2 aromatic heterocycles. The van der Waals surface area contributed by atoms with Gasteiger partial charge in [0, 0.05) is 56.3 Å². The summed E-state index contributed by atoms with van der Waals surface area (Å²) in [5.41, 5.74) is 7.62. The van der Waals surface area contributed by atoms with Crippen molar-refractivity contribution in [1.82, 2.24) is 25.2 Å². The number of hydrogen-bond acceptors (Lipinski definition) is 5. The number of pyridine rings is 1. The maximum atomic E-state index is 13.8. The van der Waals surface area contributed by atoms with Crippen LogP contribution in [-0.4, -0.2) is 27.0 Å². The van der Waals surface area contributed by atoms with Gasteiger partial charge in [0.05, 0.1) is 24.2 Å². The lowest BCUT2D eigenvalue weighted by Gasteiger charge is -2.28. The first-order chi connectivity index (χ1) is 20.5. The number of nitrogens with zero attached hydrogens (tertiary/aromatic N) is 3. The fourth-order valence-corrected chi connectivity index (χ4v) is 5.35. The molecule has 42 heavy (non-hydrogen) atoms. The standard InChI is InChI=1S/C34H32FN5O2/c1-23-5-10-27(35)17-31(23)26-8-6-25(7-9-26)21-40-22-37-19-28(40)20-38-32-13-16-42-33-29(32)3-2-4-30(33)34(41)39-18-24-11-14-36-15-12-24/h2-12,14-15,17,19,22,32,38H,13,16,18,20-21H2,1H3,(H,39,41). The van der Waals surface area contributed by atoms with E-state index >= 15 is 0 Å². The van der Waals surface area contributed by atoms with Crippen molar-refractivity contribution >= 4 is 5.91 Å². The Morgan fingerprint density at radius 3 is 2.67 bits per heavy atom. The number of nitrogens with one attached hydrogen (secondary N) is 2. The van der Waals surface area contributed by atoms with Crippen LogP contribution in [0.15, 0.2) is 97.7 Å². The predicted octanol–water partition coefficient (Wildman–Crippen LogP) is 5.98. The van der Waals surface area contributed by atoms with E-state index in [4.69, 9.17) is 4.74 Å². The highest BCUT2D eigenvalue weighted by Crippen LogP contribution is 2.35. The fourth-order valence-electron chi connectivity index (χ4n) is 5.35. The largest absolute Gasteiger partial charge is 0.492 e. The van der Waals surface area contributed by atoms with Crippen molar-refractivity contribution in [2.24, 2.45) is 0 Å². The Morgan fingerprint density at radius 1 is 1.00 bits per heavy atom. The average molecular weight is 562 g/mol. The number of carbonyl (C=O) groups is 1. The molecule has 0 bridgehead atoms. The highest BCUT2D eigenvalue weighted by atomic mass is 19.1. The molecular weight excluding hydrogens is 529 g/mol. The molecule has 1 unspecified atom stereocenters. The molecule has 7 nitrogen and oxygen atoms in total. The van der Waals surface area contributed by atoms with E-state index in [0.717, 1.165) is 45.5 Å². The predicted molar refractivity (Wildman–Crippen MR) is 159 cm³/mol. The van der Waals surface area contributed by atoms with Crippen molar-refractivity contribution in [1.29, 1.82) is 0 Å². The fraction of sp³-hybridized carbons (Fsp3) is 0.206. The van der Waals surface area contributed by atoms with Gasteiger partial charge in [-0.1, -0.05) is 42.5 Å². The summed E-state index contributed by atoms with van der Waals surface area (Å²) in [5, 5.41) is 6.65. The van der Waals surface area contributed by atoms with Gasteiger partial charge in [-0.3, -0.25) is 9.78 Å². The van der Waals surface area contributed by atoms with Crippen LogP contribution in [0.3, 0.4) is 0 Å². The van der Waals surface area contributed by atoms with E-state index < -0.39 is 0 Å². The number of fused-ring (bicyclic) bond motifs is 1. The van der Waals surface area contributed by atoms with Crippen LogP contribution in [0.5, 0.6) is 5.75 Å². The van der Waals surface area contributed by atoms with Crippen LogP contribution < -0.4 is 15.4 Å². The molecular formula is C34H32FN5O2. The third-order valence-corrected chi connectivity index (χ3v) is 7.67. The molecule has 6 rings (SSSR count). The zero-order chi connectivity index (χ0) is 28.9. The summed E-state index contributed by atoms with van der Waals surface area (Å²) in [5.74, 6) is 0.236. The van der Waals surface area contributed by atoms with Gasteiger partial charge in [-0.15, -0.1) is 0 Å². The van der Waals surface area contributed by atoms with E-state index in [1.54, 1.807) is 30.6 Å². The van der Waals surface area contributed by atoms with E-state index in [2.05, 4.69) is 37.3 Å². The van der Waals surface area contributed by atoms with Crippen LogP contribution in [0.25, 0.3) is 11.1 Å². The van der Waals surface area contributed by atoms with Crippen molar-refractivity contribution in [3.05, 3.63) is 137 Å². The van der Waals surface area contributed by atoms with E-state index in [1.807, 2.05) is 55.8 Å². The van der Waals surface area contributed by atoms with Crippen molar-refractivity contribution < 1.29 is 13.9 Å². The second-order valence-corrected chi connectivity index (χ2v) is 10.5. The van der Waals surface area contributed by atoms with Gasteiger partial charge in [-0.25, -0.2) is 9.37 Å². The molecule has 0 radical (unpaired) electrons. The number of rotatable bonds is 9. The SMILES string of the molecule is Cc1ccc(F)cc1-c1ccc(Cn2cncc2CNC2CCOc3c(C(=O)NCc4ccncc4)cccc32)cc1. The Hall–Kier alpha value is -4.82. The van der Waals surface area contributed by atoms with Gasteiger partial charge in [0.1, 0.15) is 11.6 Å². The molecule has 8 heteroatoms. The Bertz CT molecular complexity index is 1680. The average Bonchev–Trinajstić information content (AvgIpc) is 3.47. The molecule has 1 aliphatic rings. The number of aromatic nitrogens is 3. The molecule has 0 saturated heterocycles. The minimum Gasteiger partial charge on any atom is -0.492 e. The molecule has 0 spiro atoms. The van der Waals surface area contributed by atoms with Gasteiger partial charge in [0.15, 0.2) is 0 Å². The molecule has 3 aromatic carbocycles.